The molecular formula is C11H14O2S. The van der Waals surface area contributed by atoms with Crippen LogP contribution in [-0.2, 0) is 17.6 Å². The lowest BCUT2D eigenvalue weighted by Crippen LogP contribution is -2.05. The molecule has 1 atom stereocenters. The van der Waals surface area contributed by atoms with Gasteiger partial charge in [0.25, 0.3) is 0 Å². The molecule has 0 fully saturated rings. The number of aliphatic carboxylic acids is 1. The number of carboxylic acid groups (broad SMARTS) is 1. The summed E-state index contributed by atoms with van der Waals surface area (Å²) in [5.74, 6) is -1.06. The number of rotatable bonds is 2. The molecule has 1 aromatic heterocycles. The standard InChI is InChI=1S/C11H14O2S/c1-7(11(12)13)10-6-8-4-2-3-5-9(8)14-10/h6-7H,2-5H2,1H3,(H,12,13). The van der Waals surface area contributed by atoms with Gasteiger partial charge in [0.1, 0.15) is 0 Å². The van der Waals surface area contributed by atoms with Crippen molar-refractivity contribution in [3.05, 3.63) is 21.4 Å². The van der Waals surface area contributed by atoms with Crippen molar-refractivity contribution in [3.8, 4) is 0 Å². The van der Waals surface area contributed by atoms with Gasteiger partial charge in [-0.05, 0) is 44.2 Å². The van der Waals surface area contributed by atoms with Crippen molar-refractivity contribution in [1.29, 1.82) is 0 Å². The second-order valence-electron chi connectivity index (χ2n) is 3.86. The van der Waals surface area contributed by atoms with Gasteiger partial charge in [0, 0.05) is 9.75 Å². The fraction of sp³-hybridized carbons (Fsp3) is 0.545. The van der Waals surface area contributed by atoms with Gasteiger partial charge in [-0.3, -0.25) is 4.79 Å². The predicted octanol–water partition coefficient (Wildman–Crippen LogP) is 2.82. The summed E-state index contributed by atoms with van der Waals surface area (Å²) in [5, 5.41) is 8.90. The molecule has 2 rings (SSSR count). The molecule has 0 bridgehead atoms. The minimum atomic E-state index is -0.719. The molecule has 0 radical (unpaired) electrons. The topological polar surface area (TPSA) is 37.3 Å². The fourth-order valence-corrected chi connectivity index (χ4v) is 3.15. The highest BCUT2D eigenvalue weighted by atomic mass is 32.1. The third-order valence-corrected chi connectivity index (χ3v) is 4.23. The number of hydrogen-bond donors (Lipinski definition) is 1. The van der Waals surface area contributed by atoms with Crippen LogP contribution in [0.15, 0.2) is 6.07 Å². The summed E-state index contributed by atoms with van der Waals surface area (Å²) in [6.07, 6.45) is 4.80. The van der Waals surface area contributed by atoms with Gasteiger partial charge in [0.2, 0.25) is 0 Å². The van der Waals surface area contributed by atoms with Crippen LogP contribution in [0, 0.1) is 0 Å². The number of hydrogen-bond acceptors (Lipinski definition) is 2. The van der Waals surface area contributed by atoms with E-state index < -0.39 is 5.97 Å². The van der Waals surface area contributed by atoms with Crippen molar-refractivity contribution in [3.63, 3.8) is 0 Å². The second kappa shape index (κ2) is 3.73. The van der Waals surface area contributed by atoms with Crippen molar-refractivity contribution in [2.45, 2.75) is 38.5 Å². The number of thiophene rings is 1. The third kappa shape index (κ3) is 1.69. The maximum absolute atomic E-state index is 10.8. The van der Waals surface area contributed by atoms with Crippen LogP contribution in [0.1, 0.15) is 41.0 Å². The van der Waals surface area contributed by atoms with Crippen molar-refractivity contribution in [1.82, 2.24) is 0 Å². The van der Waals surface area contributed by atoms with E-state index >= 15 is 0 Å². The fourth-order valence-electron chi connectivity index (χ4n) is 1.85. The number of carbonyl (C=O) groups is 1. The lowest BCUT2D eigenvalue weighted by molar-refractivity contribution is -0.138. The molecule has 2 nitrogen and oxygen atoms in total. The van der Waals surface area contributed by atoms with Crippen LogP contribution < -0.4 is 0 Å². The molecule has 1 aromatic rings. The van der Waals surface area contributed by atoms with Crippen molar-refractivity contribution in [2.75, 3.05) is 0 Å². The van der Waals surface area contributed by atoms with Gasteiger partial charge in [0.05, 0.1) is 5.92 Å². The molecule has 76 valence electrons. The molecule has 14 heavy (non-hydrogen) atoms. The van der Waals surface area contributed by atoms with Crippen LogP contribution in [-0.4, -0.2) is 11.1 Å². The summed E-state index contributed by atoms with van der Waals surface area (Å²) in [6, 6.07) is 2.10. The zero-order valence-electron chi connectivity index (χ0n) is 8.25. The Bertz CT molecular complexity index is 331. The molecule has 0 aromatic carbocycles. The highest BCUT2D eigenvalue weighted by Gasteiger charge is 2.20. The summed E-state index contributed by atoms with van der Waals surface area (Å²) in [7, 11) is 0. The van der Waals surface area contributed by atoms with Crippen LogP contribution >= 0.6 is 11.3 Å². The highest BCUT2D eigenvalue weighted by molar-refractivity contribution is 7.12. The Morgan fingerprint density at radius 2 is 2.21 bits per heavy atom. The second-order valence-corrected chi connectivity index (χ2v) is 5.03. The quantitative estimate of drug-likeness (QED) is 0.815. The van der Waals surface area contributed by atoms with Crippen LogP contribution in [0.5, 0.6) is 0 Å². The minimum Gasteiger partial charge on any atom is -0.481 e. The van der Waals surface area contributed by atoms with Crippen molar-refractivity contribution in [2.24, 2.45) is 0 Å². The van der Waals surface area contributed by atoms with E-state index in [2.05, 4.69) is 6.07 Å². The average molecular weight is 210 g/mol. The number of aryl methyl sites for hydroxylation is 2. The van der Waals surface area contributed by atoms with E-state index in [1.54, 1.807) is 18.3 Å². The largest absolute Gasteiger partial charge is 0.481 e. The van der Waals surface area contributed by atoms with Crippen molar-refractivity contribution < 1.29 is 9.90 Å². The molecule has 1 N–H and O–H groups in total. The Kier molecular flexibility index (Phi) is 2.59. The van der Waals surface area contributed by atoms with Crippen LogP contribution in [0.25, 0.3) is 0 Å². The van der Waals surface area contributed by atoms with E-state index in [-0.39, 0.29) is 5.92 Å². The first-order valence-electron chi connectivity index (χ1n) is 5.03. The van der Waals surface area contributed by atoms with Gasteiger partial charge in [0.15, 0.2) is 0 Å². The molecular weight excluding hydrogens is 196 g/mol. The molecule has 1 aliphatic carbocycles. The SMILES string of the molecule is CC(C(=O)O)c1cc2c(s1)CCCC2. The molecule has 3 heteroatoms. The highest BCUT2D eigenvalue weighted by Crippen LogP contribution is 2.33. The van der Waals surface area contributed by atoms with E-state index in [0.29, 0.717) is 0 Å². The Morgan fingerprint density at radius 3 is 2.86 bits per heavy atom. The van der Waals surface area contributed by atoms with Gasteiger partial charge in [-0.1, -0.05) is 0 Å². The Balaban J connectivity index is 2.28. The zero-order chi connectivity index (χ0) is 10.1. The maximum atomic E-state index is 10.8. The number of carboxylic acids is 1. The van der Waals surface area contributed by atoms with Gasteiger partial charge in [-0.25, -0.2) is 0 Å². The van der Waals surface area contributed by atoms with Gasteiger partial charge in [-0.2, -0.15) is 0 Å². The normalized spacial score (nSPS) is 17.5. The van der Waals surface area contributed by atoms with E-state index in [1.165, 1.54) is 23.3 Å². The molecule has 1 aliphatic rings. The Hall–Kier alpha value is -0.830. The molecule has 0 aliphatic heterocycles. The summed E-state index contributed by atoms with van der Waals surface area (Å²) in [5.41, 5.74) is 1.39. The minimum absolute atomic E-state index is 0.342. The van der Waals surface area contributed by atoms with Gasteiger partial charge < -0.3 is 5.11 Å². The van der Waals surface area contributed by atoms with E-state index in [9.17, 15) is 4.79 Å². The van der Waals surface area contributed by atoms with Crippen molar-refractivity contribution >= 4 is 17.3 Å². The predicted molar refractivity (Wildman–Crippen MR) is 57.0 cm³/mol. The Morgan fingerprint density at radius 1 is 1.50 bits per heavy atom. The summed E-state index contributed by atoms with van der Waals surface area (Å²) in [6.45, 7) is 1.76. The summed E-state index contributed by atoms with van der Waals surface area (Å²) in [4.78, 5) is 13.3. The van der Waals surface area contributed by atoms with E-state index in [1.807, 2.05) is 0 Å². The lowest BCUT2D eigenvalue weighted by atomic mass is 9.98. The van der Waals surface area contributed by atoms with Gasteiger partial charge >= 0.3 is 5.97 Å². The lowest BCUT2D eigenvalue weighted by Gasteiger charge is -2.08. The van der Waals surface area contributed by atoms with Crippen LogP contribution in [0.3, 0.4) is 0 Å². The first kappa shape index (κ1) is 9.71. The first-order chi connectivity index (χ1) is 6.68. The van der Waals surface area contributed by atoms with Crippen LogP contribution in [0.4, 0.5) is 0 Å². The summed E-state index contributed by atoms with van der Waals surface area (Å²) < 4.78 is 0. The van der Waals surface area contributed by atoms with Gasteiger partial charge in [-0.15, -0.1) is 11.3 Å². The molecule has 0 amide bonds. The maximum Gasteiger partial charge on any atom is 0.311 e. The Labute approximate surface area is 87.6 Å². The molecule has 0 saturated heterocycles. The smallest absolute Gasteiger partial charge is 0.311 e. The molecule has 1 heterocycles. The molecule has 0 spiro atoms. The van der Waals surface area contributed by atoms with E-state index in [0.717, 1.165) is 17.7 Å². The molecule has 0 saturated carbocycles. The zero-order valence-corrected chi connectivity index (χ0v) is 9.06. The molecule has 1 unspecified atom stereocenters. The van der Waals surface area contributed by atoms with Crippen LogP contribution in [0.2, 0.25) is 0 Å². The first-order valence-corrected chi connectivity index (χ1v) is 5.84. The monoisotopic (exact) mass is 210 g/mol. The third-order valence-electron chi connectivity index (χ3n) is 2.81. The van der Waals surface area contributed by atoms with E-state index in [4.69, 9.17) is 5.11 Å². The average Bonchev–Trinajstić information content (AvgIpc) is 2.59. The number of fused-ring (bicyclic) bond motifs is 1. The summed E-state index contributed by atoms with van der Waals surface area (Å²) >= 11 is 1.69.